The van der Waals surface area contributed by atoms with Crippen molar-refractivity contribution in [1.29, 1.82) is 0 Å². The summed E-state index contributed by atoms with van der Waals surface area (Å²) in [5, 5.41) is 19.4. The number of phenols is 1. The number of rotatable bonds is 3. The third-order valence-electron chi connectivity index (χ3n) is 3.49. The van der Waals surface area contributed by atoms with Crippen molar-refractivity contribution in [3.63, 3.8) is 0 Å². The van der Waals surface area contributed by atoms with E-state index in [4.69, 9.17) is 5.11 Å². The third kappa shape index (κ3) is 2.44. The van der Waals surface area contributed by atoms with Crippen LogP contribution < -0.4 is 5.56 Å². The van der Waals surface area contributed by atoms with Crippen LogP contribution in [0.3, 0.4) is 0 Å². The Morgan fingerprint density at radius 2 is 1.82 bits per heavy atom. The van der Waals surface area contributed by atoms with Crippen LogP contribution in [0.5, 0.6) is 5.75 Å². The molecule has 0 atom stereocenters. The fourth-order valence-electron chi connectivity index (χ4n) is 2.58. The molecule has 3 aromatic rings. The van der Waals surface area contributed by atoms with E-state index in [0.717, 1.165) is 5.56 Å². The molecule has 0 saturated carbocycles. The second-order valence-corrected chi connectivity index (χ2v) is 4.97. The molecular formula is C17H13NO4. The van der Waals surface area contributed by atoms with E-state index < -0.39 is 11.5 Å². The standard InChI is InChI=1S/C17H13NO4/c19-11-6-7-14-12(8-11)16(10-4-2-1-3-5-10)13(9-15(20)21)17(22)18-14/h1-8,19H,9H2,(H,18,22)(H,20,21). The number of hydrogen-bond donors (Lipinski definition) is 3. The van der Waals surface area contributed by atoms with Crippen LogP contribution in [0.4, 0.5) is 0 Å². The lowest BCUT2D eigenvalue weighted by molar-refractivity contribution is -0.136. The maximum absolute atomic E-state index is 12.3. The van der Waals surface area contributed by atoms with Gasteiger partial charge >= 0.3 is 5.97 Å². The second-order valence-electron chi connectivity index (χ2n) is 4.97. The Bertz CT molecular complexity index is 913. The predicted octanol–water partition coefficient (Wildman–Crippen LogP) is 2.53. The fourth-order valence-corrected chi connectivity index (χ4v) is 2.58. The molecule has 0 aliphatic carbocycles. The molecule has 0 radical (unpaired) electrons. The highest BCUT2D eigenvalue weighted by atomic mass is 16.4. The summed E-state index contributed by atoms with van der Waals surface area (Å²) in [6.07, 6.45) is -0.384. The number of carboxylic acid groups (broad SMARTS) is 1. The number of benzene rings is 2. The number of H-pyrrole nitrogens is 1. The van der Waals surface area contributed by atoms with E-state index in [1.165, 1.54) is 12.1 Å². The number of nitrogens with one attached hydrogen (secondary N) is 1. The number of aliphatic carboxylic acids is 1. The van der Waals surface area contributed by atoms with Crippen molar-refractivity contribution in [3.8, 4) is 16.9 Å². The highest BCUT2D eigenvalue weighted by molar-refractivity contribution is 5.97. The zero-order valence-corrected chi connectivity index (χ0v) is 11.5. The van der Waals surface area contributed by atoms with Crippen molar-refractivity contribution in [1.82, 2.24) is 4.98 Å². The number of fused-ring (bicyclic) bond motifs is 1. The van der Waals surface area contributed by atoms with E-state index in [2.05, 4.69) is 4.98 Å². The molecule has 5 heteroatoms. The molecule has 0 unspecified atom stereocenters. The minimum atomic E-state index is -1.08. The SMILES string of the molecule is O=C(O)Cc1c(-c2ccccc2)c2cc(O)ccc2[nH]c1=O. The van der Waals surface area contributed by atoms with Gasteiger partial charge in [0.2, 0.25) is 0 Å². The quantitative estimate of drug-likeness (QED) is 0.692. The Kier molecular flexibility index (Phi) is 3.39. The van der Waals surface area contributed by atoms with Gasteiger partial charge in [0.05, 0.1) is 6.42 Å². The molecule has 0 aliphatic rings. The van der Waals surface area contributed by atoms with Crippen LogP contribution in [0.1, 0.15) is 5.56 Å². The average molecular weight is 295 g/mol. The summed E-state index contributed by atoms with van der Waals surface area (Å²) in [5.41, 5.74) is 1.57. The minimum Gasteiger partial charge on any atom is -0.508 e. The zero-order chi connectivity index (χ0) is 15.7. The van der Waals surface area contributed by atoms with Crippen LogP contribution in [0.25, 0.3) is 22.0 Å². The molecule has 22 heavy (non-hydrogen) atoms. The van der Waals surface area contributed by atoms with Gasteiger partial charge in [-0.3, -0.25) is 9.59 Å². The molecule has 0 fully saturated rings. The van der Waals surface area contributed by atoms with Gasteiger partial charge in [0, 0.05) is 22.0 Å². The largest absolute Gasteiger partial charge is 0.508 e. The van der Waals surface area contributed by atoms with Crippen LogP contribution in [-0.4, -0.2) is 21.2 Å². The van der Waals surface area contributed by atoms with Crippen molar-refractivity contribution >= 4 is 16.9 Å². The molecule has 0 bridgehead atoms. The molecule has 0 amide bonds. The lowest BCUT2D eigenvalue weighted by Gasteiger charge is -2.12. The van der Waals surface area contributed by atoms with Gasteiger partial charge in [0.15, 0.2) is 0 Å². The van der Waals surface area contributed by atoms with E-state index in [1.54, 1.807) is 6.07 Å². The van der Waals surface area contributed by atoms with Crippen molar-refractivity contribution in [2.45, 2.75) is 6.42 Å². The summed E-state index contributed by atoms with van der Waals surface area (Å²) in [4.78, 5) is 26.0. The smallest absolute Gasteiger partial charge is 0.308 e. The minimum absolute atomic E-state index is 0.0537. The molecule has 3 N–H and O–H groups in total. The lowest BCUT2D eigenvalue weighted by atomic mass is 9.94. The molecule has 3 rings (SSSR count). The van der Waals surface area contributed by atoms with Gasteiger partial charge in [-0.05, 0) is 23.8 Å². The van der Waals surface area contributed by atoms with Gasteiger partial charge in [0.25, 0.3) is 5.56 Å². The third-order valence-corrected chi connectivity index (χ3v) is 3.49. The van der Waals surface area contributed by atoms with E-state index in [0.29, 0.717) is 16.5 Å². The molecule has 2 aromatic carbocycles. The summed E-state index contributed by atoms with van der Waals surface area (Å²) in [6, 6.07) is 13.7. The van der Waals surface area contributed by atoms with Crippen LogP contribution in [-0.2, 0) is 11.2 Å². The maximum Gasteiger partial charge on any atom is 0.308 e. The molecule has 1 heterocycles. The zero-order valence-electron chi connectivity index (χ0n) is 11.5. The molecule has 1 aromatic heterocycles. The number of phenolic OH excluding ortho intramolecular Hbond substituents is 1. The van der Waals surface area contributed by atoms with Crippen LogP contribution >= 0.6 is 0 Å². The summed E-state index contributed by atoms with van der Waals surface area (Å²) >= 11 is 0. The number of carbonyl (C=O) groups is 1. The molecule has 0 aliphatic heterocycles. The first-order chi connectivity index (χ1) is 10.6. The maximum atomic E-state index is 12.3. The number of aromatic amines is 1. The predicted molar refractivity (Wildman–Crippen MR) is 83.0 cm³/mol. The molecule has 5 nitrogen and oxygen atoms in total. The average Bonchev–Trinajstić information content (AvgIpc) is 2.49. The molecule has 110 valence electrons. The lowest BCUT2D eigenvalue weighted by Crippen LogP contribution is -2.18. The van der Waals surface area contributed by atoms with Crippen molar-refractivity contribution in [2.75, 3.05) is 0 Å². The summed E-state index contributed by atoms with van der Waals surface area (Å²) in [7, 11) is 0. The van der Waals surface area contributed by atoms with Crippen molar-refractivity contribution in [2.24, 2.45) is 0 Å². The van der Waals surface area contributed by atoms with Crippen molar-refractivity contribution in [3.05, 3.63) is 64.4 Å². The Labute approximate surface area is 125 Å². The molecule has 0 saturated heterocycles. The first-order valence-corrected chi connectivity index (χ1v) is 6.71. The highest BCUT2D eigenvalue weighted by Crippen LogP contribution is 2.31. The molecular weight excluding hydrogens is 282 g/mol. The number of pyridine rings is 1. The number of hydrogen-bond acceptors (Lipinski definition) is 3. The number of carboxylic acids is 1. The number of aromatic nitrogens is 1. The fraction of sp³-hybridized carbons (Fsp3) is 0.0588. The topological polar surface area (TPSA) is 90.4 Å². The Morgan fingerprint density at radius 1 is 1.09 bits per heavy atom. The Hall–Kier alpha value is -3.08. The van der Waals surface area contributed by atoms with E-state index in [1.807, 2.05) is 30.3 Å². The van der Waals surface area contributed by atoms with E-state index in [-0.39, 0.29) is 17.7 Å². The van der Waals surface area contributed by atoms with Crippen LogP contribution in [0, 0.1) is 0 Å². The summed E-state index contributed by atoms with van der Waals surface area (Å²) in [6.45, 7) is 0. The van der Waals surface area contributed by atoms with Crippen molar-refractivity contribution < 1.29 is 15.0 Å². The van der Waals surface area contributed by atoms with Crippen LogP contribution in [0.2, 0.25) is 0 Å². The Morgan fingerprint density at radius 3 is 2.50 bits per heavy atom. The number of aromatic hydroxyl groups is 1. The molecule has 0 spiro atoms. The first-order valence-electron chi connectivity index (χ1n) is 6.71. The first kappa shape index (κ1) is 13.9. The second kappa shape index (κ2) is 5.37. The van der Waals surface area contributed by atoms with E-state index >= 15 is 0 Å². The highest BCUT2D eigenvalue weighted by Gasteiger charge is 2.17. The Balaban J connectivity index is 2.44. The summed E-state index contributed by atoms with van der Waals surface area (Å²) in [5.74, 6) is -1.03. The summed E-state index contributed by atoms with van der Waals surface area (Å²) < 4.78 is 0. The van der Waals surface area contributed by atoms with Crippen LogP contribution in [0.15, 0.2) is 53.3 Å². The monoisotopic (exact) mass is 295 g/mol. The normalized spacial score (nSPS) is 10.7. The van der Waals surface area contributed by atoms with E-state index in [9.17, 15) is 14.7 Å². The van der Waals surface area contributed by atoms with Gasteiger partial charge in [-0.1, -0.05) is 30.3 Å². The van der Waals surface area contributed by atoms with Gasteiger partial charge in [-0.15, -0.1) is 0 Å². The van der Waals surface area contributed by atoms with Gasteiger partial charge in [-0.25, -0.2) is 0 Å². The van der Waals surface area contributed by atoms with Gasteiger partial charge in [0.1, 0.15) is 5.75 Å². The van der Waals surface area contributed by atoms with Gasteiger partial charge < -0.3 is 15.2 Å². The van der Waals surface area contributed by atoms with Gasteiger partial charge in [-0.2, -0.15) is 0 Å².